The Labute approximate surface area is 115 Å². The molecule has 2 heterocycles. The molecule has 3 heteroatoms. The van der Waals surface area contributed by atoms with Crippen LogP contribution in [0.1, 0.15) is 36.8 Å². The Kier molecular flexibility index (Phi) is 3.09. The molecule has 1 aromatic rings. The van der Waals surface area contributed by atoms with Gasteiger partial charge in [0.1, 0.15) is 0 Å². The van der Waals surface area contributed by atoms with Gasteiger partial charge < -0.3 is 9.80 Å². The van der Waals surface area contributed by atoms with Crippen LogP contribution in [0.5, 0.6) is 0 Å². The van der Waals surface area contributed by atoms with Crippen molar-refractivity contribution in [3.63, 3.8) is 0 Å². The second-order valence-electron chi connectivity index (χ2n) is 5.90. The van der Waals surface area contributed by atoms with Crippen molar-refractivity contribution < 1.29 is 4.79 Å². The summed E-state index contributed by atoms with van der Waals surface area (Å²) in [5.74, 6) is 0.756. The zero-order chi connectivity index (χ0) is 13.6. The highest BCUT2D eigenvalue weighted by Crippen LogP contribution is 2.45. The molecule has 3 rings (SSSR count). The number of amides is 1. The number of nitrogens with zero attached hydrogens (tertiary/aromatic N) is 2. The quantitative estimate of drug-likeness (QED) is 0.773. The summed E-state index contributed by atoms with van der Waals surface area (Å²) in [6, 6.07) is 6.90. The molecule has 3 nitrogen and oxygen atoms in total. The standard InChI is InChI=1S/C16H22N2O/c1-4-16(19)18-14-6-5-11(2)9-12(14)13-10-17(3)8-7-15(13)18/h5-6,9,13,15H,4,7-8,10H2,1-3H3/t13-,15-/m0/s1. The van der Waals surface area contributed by atoms with Gasteiger partial charge in [-0.25, -0.2) is 0 Å². The molecule has 1 fully saturated rings. The number of likely N-dealkylation sites (tertiary alicyclic amines) is 1. The summed E-state index contributed by atoms with van der Waals surface area (Å²) in [7, 11) is 2.18. The number of likely N-dealkylation sites (N-methyl/N-ethyl adjacent to an activating group) is 1. The van der Waals surface area contributed by atoms with E-state index >= 15 is 0 Å². The number of carbonyl (C=O) groups excluding carboxylic acids is 1. The fourth-order valence-corrected chi connectivity index (χ4v) is 3.58. The summed E-state index contributed by atoms with van der Waals surface area (Å²) < 4.78 is 0. The summed E-state index contributed by atoms with van der Waals surface area (Å²) in [5, 5.41) is 0. The lowest BCUT2D eigenvalue weighted by molar-refractivity contribution is -0.118. The maximum Gasteiger partial charge on any atom is 0.226 e. The smallest absolute Gasteiger partial charge is 0.226 e. The van der Waals surface area contributed by atoms with Gasteiger partial charge in [-0.2, -0.15) is 0 Å². The van der Waals surface area contributed by atoms with Crippen molar-refractivity contribution >= 4 is 11.6 Å². The third-order valence-corrected chi connectivity index (χ3v) is 4.52. The highest BCUT2D eigenvalue weighted by Gasteiger charge is 2.43. The number of fused-ring (bicyclic) bond motifs is 3. The molecular formula is C16H22N2O. The van der Waals surface area contributed by atoms with Crippen molar-refractivity contribution in [1.82, 2.24) is 4.90 Å². The van der Waals surface area contributed by atoms with E-state index in [0.717, 1.165) is 25.2 Å². The van der Waals surface area contributed by atoms with E-state index in [-0.39, 0.29) is 5.91 Å². The van der Waals surface area contributed by atoms with Crippen LogP contribution < -0.4 is 4.90 Å². The summed E-state index contributed by atoms with van der Waals surface area (Å²) >= 11 is 0. The van der Waals surface area contributed by atoms with Crippen molar-refractivity contribution in [1.29, 1.82) is 0 Å². The van der Waals surface area contributed by atoms with E-state index in [2.05, 4.69) is 42.0 Å². The summed E-state index contributed by atoms with van der Waals surface area (Å²) in [4.78, 5) is 16.8. The summed E-state index contributed by atoms with van der Waals surface area (Å²) in [6.07, 6.45) is 1.67. The van der Waals surface area contributed by atoms with Gasteiger partial charge in [0, 0.05) is 30.6 Å². The van der Waals surface area contributed by atoms with E-state index in [1.54, 1.807) is 0 Å². The number of rotatable bonds is 1. The molecule has 2 aliphatic rings. The number of carbonyl (C=O) groups is 1. The van der Waals surface area contributed by atoms with E-state index in [0.29, 0.717) is 18.4 Å². The Morgan fingerprint density at radius 2 is 2.21 bits per heavy atom. The highest BCUT2D eigenvalue weighted by atomic mass is 16.2. The molecule has 0 spiro atoms. The lowest BCUT2D eigenvalue weighted by atomic mass is 9.89. The monoisotopic (exact) mass is 258 g/mol. The molecular weight excluding hydrogens is 236 g/mol. The molecule has 0 bridgehead atoms. The first-order chi connectivity index (χ1) is 9.11. The SMILES string of the molecule is CCC(=O)N1c2ccc(C)cc2[C@@H]2CN(C)CC[C@@H]21. The number of piperidine rings is 1. The van der Waals surface area contributed by atoms with Crippen molar-refractivity contribution in [3.05, 3.63) is 29.3 Å². The molecule has 0 aliphatic carbocycles. The van der Waals surface area contributed by atoms with Crippen molar-refractivity contribution in [2.75, 3.05) is 25.0 Å². The third kappa shape index (κ3) is 1.96. The van der Waals surface area contributed by atoms with Gasteiger partial charge in [0.15, 0.2) is 0 Å². The minimum atomic E-state index is 0.266. The lowest BCUT2D eigenvalue weighted by Crippen LogP contribution is -2.46. The highest BCUT2D eigenvalue weighted by molar-refractivity contribution is 5.96. The first kappa shape index (κ1) is 12.7. The Hall–Kier alpha value is -1.35. The van der Waals surface area contributed by atoms with Crippen molar-refractivity contribution in [2.45, 2.75) is 38.6 Å². The molecule has 1 amide bonds. The Morgan fingerprint density at radius 1 is 1.42 bits per heavy atom. The van der Waals surface area contributed by atoms with Gasteiger partial charge in [-0.3, -0.25) is 4.79 Å². The van der Waals surface area contributed by atoms with Crippen LogP contribution >= 0.6 is 0 Å². The van der Waals surface area contributed by atoms with Crippen LogP contribution in [0.4, 0.5) is 5.69 Å². The van der Waals surface area contributed by atoms with Crippen LogP contribution in [-0.2, 0) is 4.79 Å². The maximum atomic E-state index is 12.3. The topological polar surface area (TPSA) is 23.6 Å². The molecule has 19 heavy (non-hydrogen) atoms. The molecule has 102 valence electrons. The Morgan fingerprint density at radius 3 is 2.95 bits per heavy atom. The van der Waals surface area contributed by atoms with E-state index in [9.17, 15) is 4.79 Å². The van der Waals surface area contributed by atoms with Gasteiger partial charge in [-0.1, -0.05) is 24.6 Å². The zero-order valence-corrected chi connectivity index (χ0v) is 12.0. The zero-order valence-electron chi connectivity index (χ0n) is 12.0. The normalized spacial score (nSPS) is 26.2. The average molecular weight is 258 g/mol. The number of anilines is 1. The molecule has 0 unspecified atom stereocenters. The minimum Gasteiger partial charge on any atom is -0.308 e. The second-order valence-corrected chi connectivity index (χ2v) is 5.90. The third-order valence-electron chi connectivity index (χ3n) is 4.52. The minimum absolute atomic E-state index is 0.266. The van der Waals surface area contributed by atoms with E-state index in [1.807, 2.05) is 6.92 Å². The molecule has 2 atom stereocenters. The number of hydrogen-bond acceptors (Lipinski definition) is 2. The van der Waals surface area contributed by atoms with Gasteiger partial charge >= 0.3 is 0 Å². The van der Waals surface area contributed by atoms with Crippen molar-refractivity contribution in [2.24, 2.45) is 0 Å². The Bertz CT molecular complexity index is 511. The maximum absolute atomic E-state index is 12.3. The van der Waals surface area contributed by atoms with E-state index in [1.165, 1.54) is 11.1 Å². The predicted octanol–water partition coefficient (Wildman–Crippen LogP) is 2.54. The average Bonchev–Trinajstić information content (AvgIpc) is 2.71. The van der Waals surface area contributed by atoms with Crippen LogP contribution in [0, 0.1) is 6.92 Å². The molecule has 0 aromatic heterocycles. The molecule has 0 N–H and O–H groups in total. The van der Waals surface area contributed by atoms with Crippen molar-refractivity contribution in [3.8, 4) is 0 Å². The van der Waals surface area contributed by atoms with Gasteiger partial charge in [-0.15, -0.1) is 0 Å². The first-order valence-electron chi connectivity index (χ1n) is 7.23. The second kappa shape index (κ2) is 4.64. The van der Waals surface area contributed by atoms with Crippen LogP contribution in [-0.4, -0.2) is 37.0 Å². The fourth-order valence-electron chi connectivity index (χ4n) is 3.58. The van der Waals surface area contributed by atoms with E-state index in [4.69, 9.17) is 0 Å². The van der Waals surface area contributed by atoms with Gasteiger partial charge in [0.25, 0.3) is 0 Å². The molecule has 1 saturated heterocycles. The summed E-state index contributed by atoms with van der Waals surface area (Å²) in [6.45, 7) is 6.24. The van der Waals surface area contributed by atoms with Crippen LogP contribution in [0.3, 0.4) is 0 Å². The number of aryl methyl sites for hydroxylation is 1. The first-order valence-corrected chi connectivity index (χ1v) is 7.23. The molecule has 0 radical (unpaired) electrons. The summed E-state index contributed by atoms with van der Waals surface area (Å²) in [5.41, 5.74) is 3.82. The Balaban J connectivity index is 2.06. The predicted molar refractivity (Wildman–Crippen MR) is 77.6 cm³/mol. The van der Waals surface area contributed by atoms with Crippen LogP contribution in [0.25, 0.3) is 0 Å². The molecule has 2 aliphatic heterocycles. The van der Waals surface area contributed by atoms with Crippen LogP contribution in [0.2, 0.25) is 0 Å². The molecule has 1 aromatic carbocycles. The fraction of sp³-hybridized carbons (Fsp3) is 0.562. The largest absolute Gasteiger partial charge is 0.308 e. The van der Waals surface area contributed by atoms with Gasteiger partial charge in [0.2, 0.25) is 5.91 Å². The number of hydrogen-bond donors (Lipinski definition) is 0. The van der Waals surface area contributed by atoms with E-state index < -0.39 is 0 Å². The molecule has 0 saturated carbocycles. The lowest BCUT2D eigenvalue weighted by Gasteiger charge is -2.36. The number of benzene rings is 1. The van der Waals surface area contributed by atoms with Gasteiger partial charge in [-0.05, 0) is 38.6 Å². The van der Waals surface area contributed by atoms with Gasteiger partial charge in [0.05, 0.1) is 0 Å². The van der Waals surface area contributed by atoms with Crippen LogP contribution in [0.15, 0.2) is 18.2 Å².